The van der Waals surface area contributed by atoms with Crippen molar-refractivity contribution < 1.29 is 9.53 Å². The molecule has 0 saturated carbocycles. The van der Waals surface area contributed by atoms with E-state index in [4.69, 9.17) is 10.5 Å². The maximum Gasteiger partial charge on any atom is 0.260 e. The summed E-state index contributed by atoms with van der Waals surface area (Å²) in [5.74, 6) is 0.638. The first-order chi connectivity index (χ1) is 8.95. The summed E-state index contributed by atoms with van der Waals surface area (Å²) in [6, 6.07) is 5.96. The van der Waals surface area contributed by atoms with Crippen LogP contribution in [0.2, 0.25) is 0 Å². The molecule has 4 nitrogen and oxygen atoms in total. The maximum atomic E-state index is 11.8. The number of halogens is 1. The monoisotopic (exact) mass is 328 g/mol. The van der Waals surface area contributed by atoms with Crippen LogP contribution in [0.4, 0.5) is 0 Å². The number of hydrogen-bond acceptors (Lipinski definition) is 3. The molecular weight excluding hydrogens is 308 g/mol. The molecule has 0 heterocycles. The Morgan fingerprint density at radius 1 is 1.47 bits per heavy atom. The van der Waals surface area contributed by atoms with E-state index < -0.39 is 0 Å². The lowest BCUT2D eigenvalue weighted by atomic mass is 10.1. The fourth-order valence-corrected chi connectivity index (χ4v) is 2.05. The second-order valence-corrected chi connectivity index (χ2v) is 5.54. The van der Waals surface area contributed by atoms with Gasteiger partial charge in [0.25, 0.3) is 5.91 Å². The summed E-state index contributed by atoms with van der Waals surface area (Å²) in [6.07, 6.45) is 0.827. The van der Waals surface area contributed by atoms with Crippen molar-refractivity contribution in [3.8, 4) is 5.75 Å². The molecule has 2 N–H and O–H groups in total. The van der Waals surface area contributed by atoms with Gasteiger partial charge >= 0.3 is 0 Å². The van der Waals surface area contributed by atoms with E-state index in [1.165, 1.54) is 0 Å². The van der Waals surface area contributed by atoms with Crippen molar-refractivity contribution in [2.75, 3.05) is 20.2 Å². The Bertz CT molecular complexity index is 435. The van der Waals surface area contributed by atoms with Crippen LogP contribution in [-0.2, 0) is 11.2 Å². The SMILES string of the molecule is CC(C)N(C)C(=O)COc1ccc(CCN)cc1Br. The van der Waals surface area contributed by atoms with E-state index in [-0.39, 0.29) is 18.6 Å². The lowest BCUT2D eigenvalue weighted by molar-refractivity contribution is -0.133. The second kappa shape index (κ2) is 7.50. The molecule has 0 spiro atoms. The predicted molar refractivity (Wildman–Crippen MR) is 80.3 cm³/mol. The number of amides is 1. The zero-order chi connectivity index (χ0) is 14.4. The van der Waals surface area contributed by atoms with Crippen LogP contribution >= 0.6 is 15.9 Å². The molecule has 0 radical (unpaired) electrons. The van der Waals surface area contributed by atoms with Gasteiger partial charge in [0.05, 0.1) is 4.47 Å². The third kappa shape index (κ3) is 4.84. The van der Waals surface area contributed by atoms with Crippen molar-refractivity contribution in [2.45, 2.75) is 26.3 Å². The average Bonchev–Trinajstić information content (AvgIpc) is 2.36. The molecule has 1 rings (SSSR count). The summed E-state index contributed by atoms with van der Waals surface area (Å²) < 4.78 is 6.38. The number of benzene rings is 1. The van der Waals surface area contributed by atoms with E-state index in [0.29, 0.717) is 12.3 Å². The number of carbonyl (C=O) groups is 1. The molecule has 0 unspecified atom stereocenters. The Balaban J connectivity index is 2.61. The first kappa shape index (κ1) is 16.0. The molecule has 1 amide bonds. The number of likely N-dealkylation sites (N-methyl/N-ethyl adjacent to an activating group) is 1. The van der Waals surface area contributed by atoms with Crippen LogP contribution in [0.5, 0.6) is 5.75 Å². The highest BCUT2D eigenvalue weighted by Crippen LogP contribution is 2.26. The van der Waals surface area contributed by atoms with Gasteiger partial charge in [0, 0.05) is 13.1 Å². The van der Waals surface area contributed by atoms with Gasteiger partial charge in [-0.25, -0.2) is 0 Å². The smallest absolute Gasteiger partial charge is 0.260 e. The van der Waals surface area contributed by atoms with Crippen LogP contribution in [0.15, 0.2) is 22.7 Å². The number of hydrogen-bond donors (Lipinski definition) is 1. The molecule has 0 aromatic heterocycles. The third-order valence-corrected chi connectivity index (χ3v) is 3.57. The fraction of sp³-hybridized carbons (Fsp3) is 0.500. The van der Waals surface area contributed by atoms with Gasteiger partial charge < -0.3 is 15.4 Å². The molecule has 0 atom stereocenters. The minimum atomic E-state index is -0.0343. The quantitative estimate of drug-likeness (QED) is 0.870. The summed E-state index contributed by atoms with van der Waals surface area (Å²) in [4.78, 5) is 13.5. The molecule has 1 aromatic carbocycles. The highest BCUT2D eigenvalue weighted by molar-refractivity contribution is 9.10. The van der Waals surface area contributed by atoms with Crippen LogP contribution in [0.1, 0.15) is 19.4 Å². The topological polar surface area (TPSA) is 55.6 Å². The van der Waals surface area contributed by atoms with E-state index in [2.05, 4.69) is 15.9 Å². The van der Waals surface area contributed by atoms with Crippen LogP contribution < -0.4 is 10.5 Å². The van der Waals surface area contributed by atoms with Crippen LogP contribution in [0.25, 0.3) is 0 Å². The van der Waals surface area contributed by atoms with Crippen LogP contribution in [0.3, 0.4) is 0 Å². The highest BCUT2D eigenvalue weighted by Gasteiger charge is 2.13. The van der Waals surface area contributed by atoms with E-state index in [1.807, 2.05) is 32.0 Å². The number of nitrogens with zero attached hydrogens (tertiary/aromatic N) is 1. The van der Waals surface area contributed by atoms with Gasteiger partial charge in [-0.05, 0) is 60.4 Å². The first-order valence-electron chi connectivity index (χ1n) is 6.32. The molecule has 5 heteroatoms. The Kier molecular flexibility index (Phi) is 6.31. The van der Waals surface area contributed by atoms with Crippen molar-refractivity contribution in [1.82, 2.24) is 4.90 Å². The maximum absolute atomic E-state index is 11.8. The van der Waals surface area contributed by atoms with Crippen molar-refractivity contribution >= 4 is 21.8 Å². The van der Waals surface area contributed by atoms with Crippen molar-refractivity contribution in [3.63, 3.8) is 0 Å². The Morgan fingerprint density at radius 3 is 2.68 bits per heavy atom. The van der Waals surface area contributed by atoms with Gasteiger partial charge in [-0.1, -0.05) is 6.07 Å². The average molecular weight is 329 g/mol. The van der Waals surface area contributed by atoms with Crippen LogP contribution in [0, 0.1) is 0 Å². The zero-order valence-corrected chi connectivity index (χ0v) is 13.2. The molecular formula is C14H21BrN2O2. The highest BCUT2D eigenvalue weighted by atomic mass is 79.9. The van der Waals surface area contributed by atoms with Crippen molar-refractivity contribution in [2.24, 2.45) is 5.73 Å². The molecule has 0 fully saturated rings. The molecule has 0 aliphatic heterocycles. The van der Waals surface area contributed by atoms with Gasteiger partial charge in [0.2, 0.25) is 0 Å². The Hall–Kier alpha value is -1.07. The van der Waals surface area contributed by atoms with E-state index in [9.17, 15) is 4.79 Å². The van der Waals surface area contributed by atoms with Gasteiger partial charge in [-0.3, -0.25) is 4.79 Å². The van der Waals surface area contributed by atoms with Crippen LogP contribution in [-0.4, -0.2) is 37.0 Å². The number of rotatable bonds is 6. The zero-order valence-electron chi connectivity index (χ0n) is 11.6. The lowest BCUT2D eigenvalue weighted by Crippen LogP contribution is -2.36. The fourth-order valence-electron chi connectivity index (χ4n) is 1.51. The molecule has 1 aromatic rings. The second-order valence-electron chi connectivity index (χ2n) is 4.69. The summed E-state index contributed by atoms with van der Waals surface area (Å²) in [6.45, 7) is 4.60. The summed E-state index contributed by atoms with van der Waals surface area (Å²) in [7, 11) is 1.77. The summed E-state index contributed by atoms with van der Waals surface area (Å²) >= 11 is 3.44. The number of carbonyl (C=O) groups excluding carboxylic acids is 1. The molecule has 0 aliphatic carbocycles. The molecule has 106 valence electrons. The molecule has 19 heavy (non-hydrogen) atoms. The van der Waals surface area contributed by atoms with Crippen molar-refractivity contribution in [1.29, 1.82) is 0 Å². The third-order valence-electron chi connectivity index (χ3n) is 2.95. The number of nitrogens with two attached hydrogens (primary N) is 1. The van der Waals surface area contributed by atoms with Gasteiger partial charge in [0.15, 0.2) is 6.61 Å². The summed E-state index contributed by atoms with van der Waals surface area (Å²) in [5, 5.41) is 0. The molecule has 0 aliphatic rings. The minimum absolute atomic E-state index is 0.0343. The Morgan fingerprint density at radius 2 is 2.16 bits per heavy atom. The van der Waals surface area contributed by atoms with E-state index in [0.717, 1.165) is 16.5 Å². The number of ether oxygens (including phenoxy) is 1. The van der Waals surface area contributed by atoms with E-state index in [1.54, 1.807) is 11.9 Å². The minimum Gasteiger partial charge on any atom is -0.483 e. The van der Waals surface area contributed by atoms with Gasteiger partial charge in [0.1, 0.15) is 5.75 Å². The lowest BCUT2D eigenvalue weighted by Gasteiger charge is -2.21. The summed E-state index contributed by atoms with van der Waals surface area (Å²) in [5.41, 5.74) is 6.66. The van der Waals surface area contributed by atoms with Gasteiger partial charge in [-0.15, -0.1) is 0 Å². The van der Waals surface area contributed by atoms with E-state index >= 15 is 0 Å². The largest absolute Gasteiger partial charge is 0.483 e. The predicted octanol–water partition coefficient (Wildman–Crippen LogP) is 2.20. The normalized spacial score (nSPS) is 10.6. The van der Waals surface area contributed by atoms with Gasteiger partial charge in [-0.2, -0.15) is 0 Å². The standard InChI is InChI=1S/C14H21BrN2O2/c1-10(2)17(3)14(18)9-19-13-5-4-11(6-7-16)8-12(13)15/h4-5,8,10H,6-7,9,16H2,1-3H3. The van der Waals surface area contributed by atoms with Crippen molar-refractivity contribution in [3.05, 3.63) is 28.2 Å². The first-order valence-corrected chi connectivity index (χ1v) is 7.12. The Labute approximate surface area is 123 Å². The molecule has 0 bridgehead atoms. The molecule has 0 saturated heterocycles.